The Bertz CT molecular complexity index is 1400. The van der Waals surface area contributed by atoms with Crippen molar-refractivity contribution >= 4 is 17.2 Å². The maximum Gasteiger partial charge on any atom is 0.271 e. The van der Waals surface area contributed by atoms with Crippen LogP contribution in [0.1, 0.15) is 66.2 Å². The quantitative estimate of drug-likeness (QED) is 0.402. The van der Waals surface area contributed by atoms with E-state index in [2.05, 4.69) is 30.4 Å². The molecular formula is C25H27FN8O2. The number of aliphatic hydroxyl groups is 1. The second-order valence-corrected chi connectivity index (χ2v) is 9.87. The summed E-state index contributed by atoms with van der Waals surface area (Å²) < 4.78 is 15.9. The normalized spacial score (nSPS) is 24.0. The Morgan fingerprint density at radius 2 is 2.08 bits per heavy atom. The fraction of sp³-hybridized carbons (Fsp3) is 0.400. The molecule has 4 aromatic heterocycles. The molecule has 5 heterocycles. The number of aromatic amines is 1. The Labute approximate surface area is 206 Å². The summed E-state index contributed by atoms with van der Waals surface area (Å²) in [4.78, 5) is 31.5. The molecule has 0 saturated heterocycles. The summed E-state index contributed by atoms with van der Waals surface area (Å²) in [5, 5.41) is 17.8. The second-order valence-electron chi connectivity index (χ2n) is 9.87. The molecule has 36 heavy (non-hydrogen) atoms. The number of aromatic nitrogens is 6. The largest absolute Gasteiger partial charge is 0.390 e. The molecule has 1 saturated carbocycles. The average Bonchev–Trinajstić information content (AvgIpc) is 3.53. The lowest BCUT2D eigenvalue weighted by Gasteiger charge is -2.34. The van der Waals surface area contributed by atoms with Crippen LogP contribution in [0.5, 0.6) is 0 Å². The van der Waals surface area contributed by atoms with Crippen LogP contribution in [-0.2, 0) is 6.42 Å². The zero-order valence-electron chi connectivity index (χ0n) is 19.9. The number of carbonyl (C=O) groups excluding carboxylic acids is 1. The fourth-order valence-corrected chi connectivity index (χ4v) is 5.19. The highest BCUT2D eigenvalue weighted by Gasteiger charge is 2.34. The van der Waals surface area contributed by atoms with Gasteiger partial charge in [-0.15, -0.1) is 0 Å². The molecule has 1 unspecified atom stereocenters. The molecule has 10 nitrogen and oxygen atoms in total. The number of nitrogens with zero attached hydrogens (tertiary/aromatic N) is 6. The van der Waals surface area contributed by atoms with Gasteiger partial charge in [0.15, 0.2) is 0 Å². The zero-order valence-corrected chi connectivity index (χ0v) is 19.9. The number of rotatable bonds is 4. The Balaban J connectivity index is 1.26. The van der Waals surface area contributed by atoms with Gasteiger partial charge in [0.05, 0.1) is 35.7 Å². The third-order valence-electron chi connectivity index (χ3n) is 7.24. The topological polar surface area (TPSA) is 124 Å². The molecule has 2 aliphatic rings. The Kier molecular flexibility index (Phi) is 5.44. The Morgan fingerprint density at radius 3 is 2.83 bits per heavy atom. The van der Waals surface area contributed by atoms with Gasteiger partial charge in [0.2, 0.25) is 0 Å². The highest BCUT2D eigenvalue weighted by Crippen LogP contribution is 2.36. The first kappa shape index (κ1) is 22.6. The van der Waals surface area contributed by atoms with Gasteiger partial charge in [-0.3, -0.25) is 4.79 Å². The molecule has 186 valence electrons. The molecule has 3 N–H and O–H groups in total. The second kappa shape index (κ2) is 8.66. The molecule has 11 heteroatoms. The molecule has 1 atom stereocenters. The van der Waals surface area contributed by atoms with E-state index in [9.17, 15) is 14.3 Å². The van der Waals surface area contributed by atoms with E-state index in [1.54, 1.807) is 30.9 Å². The van der Waals surface area contributed by atoms with Crippen LogP contribution in [0.15, 0.2) is 43.1 Å². The maximum atomic E-state index is 14.4. The van der Waals surface area contributed by atoms with Gasteiger partial charge >= 0.3 is 0 Å². The molecule has 0 bridgehead atoms. The molecule has 0 radical (unpaired) electrons. The van der Waals surface area contributed by atoms with Crippen LogP contribution in [0.3, 0.4) is 0 Å². The van der Waals surface area contributed by atoms with Crippen molar-refractivity contribution in [3.8, 4) is 0 Å². The van der Waals surface area contributed by atoms with E-state index in [0.29, 0.717) is 36.4 Å². The van der Waals surface area contributed by atoms with Crippen molar-refractivity contribution in [3.05, 3.63) is 71.7 Å². The number of hydrogen-bond donors (Lipinski definition) is 3. The molecule has 1 aliphatic carbocycles. The minimum absolute atomic E-state index is 0.0132. The van der Waals surface area contributed by atoms with Gasteiger partial charge in [-0.05, 0) is 50.8 Å². The van der Waals surface area contributed by atoms with Crippen molar-refractivity contribution in [2.45, 2.75) is 56.7 Å². The average molecular weight is 491 g/mol. The lowest BCUT2D eigenvalue weighted by atomic mass is 9.83. The molecule has 1 aliphatic heterocycles. The van der Waals surface area contributed by atoms with Gasteiger partial charge in [-0.1, -0.05) is 0 Å². The van der Waals surface area contributed by atoms with Crippen molar-refractivity contribution in [2.24, 2.45) is 0 Å². The van der Waals surface area contributed by atoms with Crippen molar-refractivity contribution in [2.75, 3.05) is 11.4 Å². The number of halogens is 1. The first-order chi connectivity index (χ1) is 17.4. The molecule has 0 aromatic carbocycles. The number of amides is 1. The van der Waals surface area contributed by atoms with Crippen LogP contribution in [0.4, 0.5) is 10.2 Å². The van der Waals surface area contributed by atoms with E-state index >= 15 is 0 Å². The summed E-state index contributed by atoms with van der Waals surface area (Å²) in [5.74, 6) is -0.0461. The minimum atomic E-state index is -0.658. The minimum Gasteiger partial charge on any atom is -0.390 e. The third kappa shape index (κ3) is 4.09. The van der Waals surface area contributed by atoms with E-state index in [1.807, 2.05) is 11.8 Å². The van der Waals surface area contributed by atoms with Gasteiger partial charge in [-0.2, -0.15) is 5.10 Å². The van der Waals surface area contributed by atoms with Gasteiger partial charge in [0.25, 0.3) is 5.91 Å². The van der Waals surface area contributed by atoms with Gasteiger partial charge < -0.3 is 20.3 Å². The SMILES string of the molecule is CC1(O)CCC(NC(=O)c2cnc(N3CCc4[nH]cnc4C3c3cc4c(F)cccn4n3)cn2)CC1. The summed E-state index contributed by atoms with van der Waals surface area (Å²) in [7, 11) is 0. The third-order valence-corrected chi connectivity index (χ3v) is 7.24. The fourth-order valence-electron chi connectivity index (χ4n) is 5.19. The summed E-state index contributed by atoms with van der Waals surface area (Å²) in [6.45, 7) is 2.45. The van der Waals surface area contributed by atoms with Crippen molar-refractivity contribution in [1.82, 2.24) is 34.9 Å². The molecule has 1 fully saturated rings. The van der Waals surface area contributed by atoms with E-state index in [-0.39, 0.29) is 29.5 Å². The number of nitrogens with one attached hydrogen (secondary N) is 2. The number of carbonyl (C=O) groups is 1. The monoisotopic (exact) mass is 490 g/mol. The van der Waals surface area contributed by atoms with E-state index in [4.69, 9.17) is 0 Å². The van der Waals surface area contributed by atoms with Gasteiger partial charge in [0.1, 0.15) is 28.9 Å². The number of pyridine rings is 1. The first-order valence-electron chi connectivity index (χ1n) is 12.2. The van der Waals surface area contributed by atoms with E-state index in [1.165, 1.54) is 16.8 Å². The van der Waals surface area contributed by atoms with Crippen LogP contribution in [-0.4, -0.2) is 58.8 Å². The lowest BCUT2D eigenvalue weighted by Crippen LogP contribution is -2.42. The van der Waals surface area contributed by atoms with E-state index in [0.717, 1.165) is 30.7 Å². The number of fused-ring (bicyclic) bond motifs is 2. The molecular weight excluding hydrogens is 463 g/mol. The van der Waals surface area contributed by atoms with E-state index < -0.39 is 5.60 Å². The smallest absolute Gasteiger partial charge is 0.271 e. The highest BCUT2D eigenvalue weighted by atomic mass is 19.1. The van der Waals surface area contributed by atoms with Crippen molar-refractivity contribution < 1.29 is 14.3 Å². The summed E-state index contributed by atoms with van der Waals surface area (Å²) in [6, 6.07) is 4.38. The van der Waals surface area contributed by atoms with Crippen LogP contribution >= 0.6 is 0 Å². The van der Waals surface area contributed by atoms with Crippen LogP contribution in [0.25, 0.3) is 5.52 Å². The number of imidazole rings is 1. The number of hydrogen-bond acceptors (Lipinski definition) is 7. The van der Waals surface area contributed by atoms with Crippen molar-refractivity contribution in [3.63, 3.8) is 0 Å². The number of H-pyrrole nitrogens is 1. The predicted octanol–water partition coefficient (Wildman–Crippen LogP) is 2.56. The summed E-state index contributed by atoms with van der Waals surface area (Å²) >= 11 is 0. The lowest BCUT2D eigenvalue weighted by molar-refractivity contribution is 0.0140. The molecule has 6 rings (SSSR count). The Morgan fingerprint density at radius 1 is 1.25 bits per heavy atom. The molecule has 1 amide bonds. The molecule has 0 spiro atoms. The van der Waals surface area contributed by atoms with Crippen LogP contribution in [0.2, 0.25) is 0 Å². The highest BCUT2D eigenvalue weighted by molar-refractivity contribution is 5.92. The summed E-state index contributed by atoms with van der Waals surface area (Å²) in [5.41, 5.74) is 2.42. The van der Waals surface area contributed by atoms with Crippen LogP contribution in [0, 0.1) is 5.82 Å². The predicted molar refractivity (Wildman–Crippen MR) is 129 cm³/mol. The van der Waals surface area contributed by atoms with Gasteiger partial charge in [-0.25, -0.2) is 23.9 Å². The van der Waals surface area contributed by atoms with Crippen molar-refractivity contribution in [1.29, 1.82) is 0 Å². The summed E-state index contributed by atoms with van der Waals surface area (Å²) in [6.07, 6.45) is 9.91. The van der Waals surface area contributed by atoms with Crippen LogP contribution < -0.4 is 10.2 Å². The van der Waals surface area contributed by atoms with Gasteiger partial charge in [0, 0.05) is 30.9 Å². The maximum absolute atomic E-state index is 14.4. The zero-order chi connectivity index (χ0) is 24.9. The molecule has 4 aromatic rings. The Hall–Kier alpha value is -3.86. The first-order valence-corrected chi connectivity index (χ1v) is 12.2. The standard InChI is InChI=1S/C25H27FN8O2/c1-25(36)7-4-15(5-8-25)31-24(35)19-12-28-21(13-27-19)33-10-6-17-22(30-14-29-17)23(33)18-11-20-16(26)3-2-9-34(20)32-18/h2-3,9,11-15,23,36H,4-8,10H2,1H3,(H,29,30)(H,31,35). The number of anilines is 1.